The summed E-state index contributed by atoms with van der Waals surface area (Å²) in [5.41, 5.74) is -0.739. The van der Waals surface area contributed by atoms with Crippen LogP contribution < -0.4 is 4.74 Å². The summed E-state index contributed by atoms with van der Waals surface area (Å²) in [6.45, 7) is 3.75. The zero-order valence-electron chi connectivity index (χ0n) is 10.4. The quantitative estimate of drug-likeness (QED) is 0.608. The van der Waals surface area contributed by atoms with Crippen LogP contribution >= 0.6 is 22.6 Å². The fourth-order valence-corrected chi connectivity index (χ4v) is 2.22. The number of rotatable bonds is 4. The maximum atomic E-state index is 11.0. The van der Waals surface area contributed by atoms with E-state index in [0.29, 0.717) is 6.42 Å². The molecule has 0 N–H and O–H groups in total. The monoisotopic (exact) mass is 354 g/mol. The van der Waals surface area contributed by atoms with Crippen molar-refractivity contribution in [1.82, 2.24) is 0 Å². The van der Waals surface area contributed by atoms with E-state index in [0.717, 1.165) is 17.4 Å². The number of hydrogen-bond donors (Lipinski definition) is 0. The molecule has 2 nitrogen and oxygen atoms in total. The van der Waals surface area contributed by atoms with E-state index in [1.54, 1.807) is 6.92 Å². The second-order valence-corrected chi connectivity index (χ2v) is 5.79. The van der Waals surface area contributed by atoms with E-state index in [-0.39, 0.29) is 0 Å². The Morgan fingerprint density at radius 1 is 1.22 bits per heavy atom. The fourth-order valence-electron chi connectivity index (χ4n) is 1.71. The molecule has 94 valence electrons. The van der Waals surface area contributed by atoms with Gasteiger partial charge in [0.1, 0.15) is 5.75 Å². The molecule has 0 bridgehead atoms. The molecule has 1 unspecified atom stereocenters. The number of ether oxygens (including phenoxy) is 1. The summed E-state index contributed by atoms with van der Waals surface area (Å²) < 4.78 is 6.98. The molecule has 0 saturated carbocycles. The van der Waals surface area contributed by atoms with Gasteiger partial charge >= 0.3 is 0 Å². The number of carbonyl (C=O) groups excluding carboxylic acids is 1. The van der Waals surface area contributed by atoms with E-state index < -0.39 is 5.60 Å². The Hall–Kier alpha value is -1.10. The minimum absolute atomic E-state index is 0.654. The summed E-state index contributed by atoms with van der Waals surface area (Å²) in [6, 6.07) is 12.2. The van der Waals surface area contributed by atoms with Gasteiger partial charge in [-0.3, -0.25) is 4.79 Å². The van der Waals surface area contributed by atoms with Gasteiger partial charge in [0, 0.05) is 3.57 Å². The standard InChI is InChI=1S/C15H15IO2/c1-3-15(2,10-17)18-14-7-5-11-8-13(16)6-4-12(11)9-14/h4-10H,3H2,1-2H3. The van der Waals surface area contributed by atoms with Crippen LogP contribution in [0, 0.1) is 3.57 Å². The molecule has 0 aromatic heterocycles. The molecular weight excluding hydrogens is 339 g/mol. The molecule has 0 fully saturated rings. The molecule has 0 saturated heterocycles. The Morgan fingerprint density at radius 2 is 1.89 bits per heavy atom. The Balaban J connectivity index is 2.36. The molecule has 1 atom stereocenters. The van der Waals surface area contributed by atoms with Crippen LogP contribution in [0.3, 0.4) is 0 Å². The highest BCUT2D eigenvalue weighted by atomic mass is 127. The van der Waals surface area contributed by atoms with Crippen molar-refractivity contribution in [2.45, 2.75) is 25.9 Å². The Bertz CT molecular complexity index is 580. The number of halogens is 1. The normalized spacial score (nSPS) is 14.2. The minimum Gasteiger partial charge on any atom is -0.480 e. The first kappa shape index (κ1) is 13.3. The smallest absolute Gasteiger partial charge is 0.163 e. The molecule has 0 spiro atoms. The van der Waals surface area contributed by atoms with Crippen LogP contribution in [0.4, 0.5) is 0 Å². The third-order valence-corrected chi connectivity index (χ3v) is 3.75. The van der Waals surface area contributed by atoms with E-state index in [1.807, 2.05) is 25.1 Å². The molecule has 2 aromatic rings. The lowest BCUT2D eigenvalue weighted by molar-refractivity contribution is -0.120. The van der Waals surface area contributed by atoms with Gasteiger partial charge in [0.05, 0.1) is 0 Å². The molecule has 0 radical (unpaired) electrons. The molecule has 2 rings (SSSR count). The van der Waals surface area contributed by atoms with Crippen molar-refractivity contribution < 1.29 is 9.53 Å². The Labute approximate surface area is 120 Å². The average Bonchev–Trinajstić information content (AvgIpc) is 2.39. The molecule has 2 aromatic carbocycles. The van der Waals surface area contributed by atoms with Crippen molar-refractivity contribution in [3.63, 3.8) is 0 Å². The van der Waals surface area contributed by atoms with E-state index in [1.165, 1.54) is 8.96 Å². The van der Waals surface area contributed by atoms with Gasteiger partial charge in [-0.1, -0.05) is 19.1 Å². The van der Waals surface area contributed by atoms with Crippen molar-refractivity contribution in [1.29, 1.82) is 0 Å². The number of aldehydes is 1. The van der Waals surface area contributed by atoms with E-state index >= 15 is 0 Å². The van der Waals surface area contributed by atoms with Gasteiger partial charge in [0.2, 0.25) is 0 Å². The van der Waals surface area contributed by atoms with Crippen LogP contribution in [0.15, 0.2) is 36.4 Å². The van der Waals surface area contributed by atoms with Crippen LogP contribution in [0.2, 0.25) is 0 Å². The van der Waals surface area contributed by atoms with E-state index in [9.17, 15) is 4.79 Å². The highest BCUT2D eigenvalue weighted by molar-refractivity contribution is 14.1. The van der Waals surface area contributed by atoms with Crippen LogP contribution in [-0.2, 0) is 4.79 Å². The number of hydrogen-bond acceptors (Lipinski definition) is 2. The summed E-state index contributed by atoms with van der Waals surface area (Å²) in [4.78, 5) is 11.0. The fraction of sp³-hybridized carbons (Fsp3) is 0.267. The first-order valence-corrected chi connectivity index (χ1v) is 6.99. The molecule has 0 aliphatic carbocycles. The summed E-state index contributed by atoms with van der Waals surface area (Å²) in [5.74, 6) is 0.736. The van der Waals surface area contributed by atoms with Crippen LogP contribution in [0.1, 0.15) is 20.3 Å². The van der Waals surface area contributed by atoms with E-state index in [4.69, 9.17) is 4.74 Å². The van der Waals surface area contributed by atoms with Gasteiger partial charge in [-0.25, -0.2) is 0 Å². The maximum absolute atomic E-state index is 11.0. The topological polar surface area (TPSA) is 26.3 Å². The lowest BCUT2D eigenvalue weighted by Gasteiger charge is -2.23. The third-order valence-electron chi connectivity index (χ3n) is 3.08. The lowest BCUT2D eigenvalue weighted by Crippen LogP contribution is -2.33. The highest BCUT2D eigenvalue weighted by Crippen LogP contribution is 2.25. The van der Waals surface area contributed by atoms with Crippen molar-refractivity contribution >= 4 is 39.6 Å². The van der Waals surface area contributed by atoms with Gasteiger partial charge in [0.25, 0.3) is 0 Å². The summed E-state index contributed by atoms with van der Waals surface area (Å²) >= 11 is 2.29. The zero-order chi connectivity index (χ0) is 13.2. The van der Waals surface area contributed by atoms with Crippen LogP contribution in [0.5, 0.6) is 5.75 Å². The second kappa shape index (κ2) is 5.26. The maximum Gasteiger partial charge on any atom is 0.163 e. The Kier molecular flexibility index (Phi) is 3.90. The first-order chi connectivity index (χ1) is 8.56. The zero-order valence-corrected chi connectivity index (χ0v) is 12.6. The molecule has 0 aliphatic rings. The molecule has 18 heavy (non-hydrogen) atoms. The van der Waals surface area contributed by atoms with Crippen molar-refractivity contribution in [3.05, 3.63) is 40.0 Å². The van der Waals surface area contributed by atoms with Crippen molar-refractivity contribution in [3.8, 4) is 5.75 Å². The highest BCUT2D eigenvalue weighted by Gasteiger charge is 2.23. The average molecular weight is 354 g/mol. The summed E-state index contributed by atoms with van der Waals surface area (Å²) in [7, 11) is 0. The van der Waals surface area contributed by atoms with Gasteiger partial charge in [-0.15, -0.1) is 0 Å². The number of carbonyl (C=O) groups is 1. The Morgan fingerprint density at radius 3 is 2.56 bits per heavy atom. The SMILES string of the molecule is CCC(C)(C=O)Oc1ccc2cc(I)ccc2c1. The molecular formula is C15H15IO2. The second-order valence-electron chi connectivity index (χ2n) is 4.54. The van der Waals surface area contributed by atoms with E-state index in [2.05, 4.69) is 40.8 Å². The predicted octanol–water partition coefficient (Wildman–Crippen LogP) is 4.19. The van der Waals surface area contributed by atoms with Gasteiger partial charge in [0.15, 0.2) is 11.9 Å². The molecule has 3 heteroatoms. The third kappa shape index (κ3) is 2.83. The van der Waals surface area contributed by atoms with Gasteiger partial charge in [-0.2, -0.15) is 0 Å². The van der Waals surface area contributed by atoms with Crippen molar-refractivity contribution in [2.24, 2.45) is 0 Å². The lowest BCUT2D eigenvalue weighted by atomic mass is 10.1. The first-order valence-electron chi connectivity index (χ1n) is 5.91. The van der Waals surface area contributed by atoms with Gasteiger partial charge < -0.3 is 4.74 Å². The van der Waals surface area contributed by atoms with Gasteiger partial charge in [-0.05, 0) is 71.0 Å². The summed E-state index contributed by atoms with van der Waals surface area (Å²) in [6.07, 6.45) is 1.52. The number of benzene rings is 2. The summed E-state index contributed by atoms with van der Waals surface area (Å²) in [5, 5.41) is 2.30. The predicted molar refractivity (Wildman–Crippen MR) is 82.1 cm³/mol. The molecule has 0 heterocycles. The van der Waals surface area contributed by atoms with Crippen LogP contribution in [0.25, 0.3) is 10.8 Å². The molecule has 0 aliphatic heterocycles. The minimum atomic E-state index is -0.739. The van der Waals surface area contributed by atoms with Crippen LogP contribution in [-0.4, -0.2) is 11.9 Å². The van der Waals surface area contributed by atoms with Crippen molar-refractivity contribution in [2.75, 3.05) is 0 Å². The molecule has 0 amide bonds. The largest absolute Gasteiger partial charge is 0.480 e. The number of fused-ring (bicyclic) bond motifs is 1.